The highest BCUT2D eigenvalue weighted by molar-refractivity contribution is 14.1. The van der Waals surface area contributed by atoms with Gasteiger partial charge >= 0.3 is 0 Å². The Bertz CT molecular complexity index is 956. The van der Waals surface area contributed by atoms with Crippen LogP contribution in [-0.2, 0) is 43.5 Å². The van der Waals surface area contributed by atoms with Crippen molar-refractivity contribution in [2.24, 2.45) is 0 Å². The number of hydrogen-bond acceptors (Lipinski definition) is 5. The molecule has 1 fully saturated rings. The van der Waals surface area contributed by atoms with E-state index in [1.807, 2.05) is 54.6 Å². The molecule has 6 heteroatoms. The van der Waals surface area contributed by atoms with Gasteiger partial charge in [-0.2, -0.15) is 0 Å². The number of hydrogen-bond donors (Lipinski definition) is 0. The maximum Gasteiger partial charge on any atom is 0.171 e. The summed E-state index contributed by atoms with van der Waals surface area (Å²) in [5.74, 6) is 0. The molecule has 0 aliphatic carbocycles. The Morgan fingerprint density at radius 2 is 1.12 bits per heavy atom. The highest BCUT2D eigenvalue weighted by Crippen LogP contribution is 2.30. The fourth-order valence-electron chi connectivity index (χ4n) is 3.96. The van der Waals surface area contributed by atoms with Crippen LogP contribution in [-0.4, -0.2) is 42.2 Å². The molecule has 0 aromatic heterocycles. The zero-order valence-electron chi connectivity index (χ0n) is 19.3. The highest BCUT2D eigenvalue weighted by atomic mass is 127. The summed E-state index contributed by atoms with van der Waals surface area (Å²) in [6, 6.07) is 30.5. The van der Waals surface area contributed by atoms with E-state index in [1.165, 1.54) is 0 Å². The predicted octanol–water partition coefficient (Wildman–Crippen LogP) is 5.55. The molecular formula is C28H31IO5. The van der Waals surface area contributed by atoms with Gasteiger partial charge in [0.15, 0.2) is 6.29 Å². The second kappa shape index (κ2) is 13.3. The molecule has 4 rings (SSSR count). The number of rotatable bonds is 10. The number of ether oxygens (including phenoxy) is 5. The van der Waals surface area contributed by atoms with Gasteiger partial charge in [0.05, 0.1) is 30.4 Å². The third-order valence-corrected chi connectivity index (χ3v) is 7.09. The third-order valence-electron chi connectivity index (χ3n) is 5.80. The van der Waals surface area contributed by atoms with Gasteiger partial charge in [-0.15, -0.1) is 0 Å². The van der Waals surface area contributed by atoms with E-state index in [9.17, 15) is 0 Å². The molecule has 0 radical (unpaired) electrons. The Kier molecular flexibility index (Phi) is 9.91. The van der Waals surface area contributed by atoms with E-state index < -0.39 is 6.29 Å². The number of methoxy groups -OCH3 is 1. The van der Waals surface area contributed by atoms with Crippen LogP contribution in [0.3, 0.4) is 0 Å². The minimum atomic E-state index is -0.422. The molecule has 3 aromatic rings. The van der Waals surface area contributed by atoms with Gasteiger partial charge in [-0.05, 0) is 16.7 Å². The van der Waals surface area contributed by atoms with Crippen molar-refractivity contribution in [1.29, 1.82) is 0 Å². The summed E-state index contributed by atoms with van der Waals surface area (Å²) in [7, 11) is 1.66. The quantitative estimate of drug-likeness (QED) is 0.235. The van der Waals surface area contributed by atoms with Crippen molar-refractivity contribution in [1.82, 2.24) is 0 Å². The van der Waals surface area contributed by atoms with E-state index in [1.54, 1.807) is 7.11 Å². The summed E-state index contributed by atoms with van der Waals surface area (Å²) in [6.07, 6.45) is -1.37. The summed E-state index contributed by atoms with van der Waals surface area (Å²) in [6.45, 7) is 1.76. The maximum absolute atomic E-state index is 6.52. The van der Waals surface area contributed by atoms with Gasteiger partial charge in [0.1, 0.15) is 18.3 Å². The van der Waals surface area contributed by atoms with Crippen LogP contribution in [0.15, 0.2) is 91.0 Å². The molecule has 1 heterocycles. The molecule has 0 amide bonds. The van der Waals surface area contributed by atoms with Crippen LogP contribution in [0.5, 0.6) is 0 Å². The van der Waals surface area contributed by atoms with Crippen LogP contribution < -0.4 is 0 Å². The van der Waals surface area contributed by atoms with Crippen LogP contribution in [0.1, 0.15) is 16.7 Å². The van der Waals surface area contributed by atoms with E-state index in [0.29, 0.717) is 26.4 Å². The molecule has 5 nitrogen and oxygen atoms in total. The average molecular weight is 574 g/mol. The van der Waals surface area contributed by atoms with Gasteiger partial charge in [-0.3, -0.25) is 0 Å². The fraction of sp³-hybridized carbons (Fsp3) is 0.357. The summed E-state index contributed by atoms with van der Waals surface area (Å²) in [4.78, 5) is 0. The lowest BCUT2D eigenvalue weighted by molar-refractivity contribution is -0.154. The van der Waals surface area contributed by atoms with E-state index >= 15 is 0 Å². The van der Waals surface area contributed by atoms with Crippen LogP contribution >= 0.6 is 22.6 Å². The second-order valence-corrected chi connectivity index (χ2v) is 9.68. The summed E-state index contributed by atoms with van der Waals surface area (Å²) < 4.78 is 31.1. The monoisotopic (exact) mass is 574 g/mol. The van der Waals surface area contributed by atoms with Gasteiger partial charge < -0.3 is 23.7 Å². The van der Waals surface area contributed by atoms with Crippen LogP contribution in [0.4, 0.5) is 0 Å². The summed E-state index contributed by atoms with van der Waals surface area (Å²) >= 11 is 2.36. The van der Waals surface area contributed by atoms with Gasteiger partial charge in [-0.25, -0.2) is 0 Å². The molecule has 0 unspecified atom stereocenters. The molecule has 5 atom stereocenters. The van der Waals surface area contributed by atoms with Crippen molar-refractivity contribution in [3.8, 4) is 0 Å². The summed E-state index contributed by atoms with van der Waals surface area (Å²) in [5.41, 5.74) is 3.31. The smallest absolute Gasteiger partial charge is 0.171 e. The van der Waals surface area contributed by atoms with Gasteiger partial charge in [0.25, 0.3) is 0 Å². The SMILES string of the molecule is CO[C@H]1OC[C@@H](OCc2ccccc2)[C@H](OCc2ccccc2)[C@@H](OCc2ccccc2)[C@@H]1I. The fourth-order valence-corrected chi connectivity index (χ4v) is 5.08. The molecule has 34 heavy (non-hydrogen) atoms. The topological polar surface area (TPSA) is 46.2 Å². The first-order valence-electron chi connectivity index (χ1n) is 11.5. The van der Waals surface area contributed by atoms with Crippen molar-refractivity contribution < 1.29 is 23.7 Å². The lowest BCUT2D eigenvalue weighted by Gasteiger charge is -2.33. The van der Waals surface area contributed by atoms with Crippen molar-refractivity contribution in [2.45, 2.75) is 48.3 Å². The van der Waals surface area contributed by atoms with Gasteiger partial charge in [0.2, 0.25) is 0 Å². The van der Waals surface area contributed by atoms with Gasteiger partial charge in [-0.1, -0.05) is 114 Å². The molecule has 0 spiro atoms. The minimum Gasteiger partial charge on any atom is -0.369 e. The maximum atomic E-state index is 6.52. The molecule has 0 saturated carbocycles. The normalized spacial score (nSPS) is 25.1. The van der Waals surface area contributed by atoms with Crippen molar-refractivity contribution >= 4 is 22.6 Å². The first-order chi connectivity index (χ1) is 16.7. The Morgan fingerprint density at radius 1 is 0.676 bits per heavy atom. The third kappa shape index (κ3) is 7.10. The van der Waals surface area contributed by atoms with Crippen molar-refractivity contribution in [3.63, 3.8) is 0 Å². The number of benzene rings is 3. The molecular weight excluding hydrogens is 543 g/mol. The molecule has 0 N–H and O–H groups in total. The molecule has 1 saturated heterocycles. The zero-order valence-corrected chi connectivity index (χ0v) is 21.5. The predicted molar refractivity (Wildman–Crippen MR) is 140 cm³/mol. The van der Waals surface area contributed by atoms with E-state index in [2.05, 4.69) is 59.0 Å². The van der Waals surface area contributed by atoms with Crippen LogP contribution in [0.25, 0.3) is 0 Å². The van der Waals surface area contributed by atoms with E-state index in [-0.39, 0.29) is 22.2 Å². The standard InChI is InChI=1S/C28H31IO5/c1-30-28-25(29)27(33-19-23-15-9-4-10-16-23)26(32-18-22-13-7-3-8-14-22)24(20-34-28)31-17-21-11-5-2-6-12-21/h2-16,24-28H,17-20H2,1H3/t24-,25+,26+,27+,28+/m1/s1. The number of alkyl halides is 1. The zero-order chi connectivity index (χ0) is 23.6. The lowest BCUT2D eigenvalue weighted by Crippen LogP contribution is -2.47. The first-order valence-corrected chi connectivity index (χ1v) is 12.7. The first kappa shape index (κ1) is 25.3. The molecule has 0 bridgehead atoms. The van der Waals surface area contributed by atoms with E-state index in [4.69, 9.17) is 23.7 Å². The molecule has 1 aliphatic rings. The number of halogens is 1. The Morgan fingerprint density at radius 3 is 1.59 bits per heavy atom. The largest absolute Gasteiger partial charge is 0.369 e. The van der Waals surface area contributed by atoms with E-state index in [0.717, 1.165) is 16.7 Å². The van der Waals surface area contributed by atoms with Crippen molar-refractivity contribution in [3.05, 3.63) is 108 Å². The lowest BCUT2D eigenvalue weighted by atomic mass is 10.0. The second-order valence-electron chi connectivity index (χ2n) is 8.24. The molecule has 3 aromatic carbocycles. The van der Waals surface area contributed by atoms with Crippen LogP contribution in [0, 0.1) is 0 Å². The van der Waals surface area contributed by atoms with Crippen LogP contribution in [0.2, 0.25) is 0 Å². The minimum absolute atomic E-state index is 0.0857. The summed E-state index contributed by atoms with van der Waals surface area (Å²) in [5, 5.41) is 0. The molecule has 180 valence electrons. The average Bonchev–Trinajstić information content (AvgIpc) is 3.02. The van der Waals surface area contributed by atoms with Gasteiger partial charge in [0, 0.05) is 7.11 Å². The Balaban J connectivity index is 1.55. The van der Waals surface area contributed by atoms with Crippen molar-refractivity contribution in [2.75, 3.05) is 13.7 Å². The molecule has 1 aliphatic heterocycles. The highest BCUT2D eigenvalue weighted by Gasteiger charge is 2.44. The Labute approximate surface area is 215 Å². The Hall–Kier alpha value is -1.81.